The molecule has 4 heteroatoms. The number of likely N-dealkylation sites (tertiary alicyclic amines) is 1. The summed E-state index contributed by atoms with van der Waals surface area (Å²) in [5.74, 6) is 1.07. The molecular formula is C15H28N2O2. The molecule has 1 amide bonds. The summed E-state index contributed by atoms with van der Waals surface area (Å²) < 4.78 is 5.63. The van der Waals surface area contributed by atoms with Crippen LogP contribution in [-0.2, 0) is 9.53 Å². The molecule has 1 aliphatic heterocycles. The quantitative estimate of drug-likeness (QED) is 0.849. The standard InChI is InChI=1S/C15H28N2O2/c1-3-19-14-4-6-17(7-5-14)15(18)12-8-11(2)9-13(16)10-12/h11-14H,3-10,16H2,1-2H3. The predicted molar refractivity (Wildman–Crippen MR) is 75.7 cm³/mol. The van der Waals surface area contributed by atoms with Gasteiger partial charge in [-0.25, -0.2) is 0 Å². The van der Waals surface area contributed by atoms with Gasteiger partial charge < -0.3 is 15.4 Å². The van der Waals surface area contributed by atoms with E-state index in [9.17, 15) is 4.79 Å². The largest absolute Gasteiger partial charge is 0.378 e. The highest BCUT2D eigenvalue weighted by Crippen LogP contribution is 2.30. The highest BCUT2D eigenvalue weighted by atomic mass is 16.5. The van der Waals surface area contributed by atoms with Crippen molar-refractivity contribution in [3.8, 4) is 0 Å². The van der Waals surface area contributed by atoms with Crippen LogP contribution in [0.4, 0.5) is 0 Å². The van der Waals surface area contributed by atoms with Gasteiger partial charge in [0.25, 0.3) is 0 Å². The first-order valence-corrected chi connectivity index (χ1v) is 7.76. The monoisotopic (exact) mass is 268 g/mol. The summed E-state index contributed by atoms with van der Waals surface area (Å²) in [6.45, 7) is 6.71. The van der Waals surface area contributed by atoms with Crippen LogP contribution in [0.15, 0.2) is 0 Å². The van der Waals surface area contributed by atoms with Gasteiger partial charge in [0.1, 0.15) is 0 Å². The lowest BCUT2D eigenvalue weighted by molar-refractivity contribution is -0.139. The van der Waals surface area contributed by atoms with E-state index in [-0.39, 0.29) is 12.0 Å². The van der Waals surface area contributed by atoms with Crippen molar-refractivity contribution >= 4 is 5.91 Å². The van der Waals surface area contributed by atoms with Crippen LogP contribution in [0.3, 0.4) is 0 Å². The van der Waals surface area contributed by atoms with Crippen molar-refractivity contribution in [3.63, 3.8) is 0 Å². The molecule has 1 aliphatic carbocycles. The molecule has 0 bridgehead atoms. The summed E-state index contributed by atoms with van der Waals surface area (Å²) >= 11 is 0. The molecule has 1 saturated heterocycles. The molecule has 0 spiro atoms. The van der Waals surface area contributed by atoms with E-state index in [2.05, 4.69) is 6.92 Å². The fourth-order valence-electron chi connectivity index (χ4n) is 3.60. The van der Waals surface area contributed by atoms with E-state index in [1.165, 1.54) is 0 Å². The number of amides is 1. The first kappa shape index (κ1) is 14.8. The molecule has 0 aromatic rings. The molecule has 2 rings (SSSR count). The molecular weight excluding hydrogens is 240 g/mol. The van der Waals surface area contributed by atoms with Crippen molar-refractivity contribution in [2.24, 2.45) is 17.6 Å². The smallest absolute Gasteiger partial charge is 0.225 e. The van der Waals surface area contributed by atoms with Gasteiger partial charge in [-0.1, -0.05) is 6.92 Å². The highest BCUT2D eigenvalue weighted by Gasteiger charge is 2.33. The minimum Gasteiger partial charge on any atom is -0.378 e. The second-order valence-electron chi connectivity index (χ2n) is 6.25. The Hall–Kier alpha value is -0.610. The Balaban J connectivity index is 1.83. The number of carbonyl (C=O) groups excluding carboxylic acids is 1. The summed E-state index contributed by atoms with van der Waals surface area (Å²) in [4.78, 5) is 14.6. The molecule has 2 fully saturated rings. The van der Waals surface area contributed by atoms with E-state index < -0.39 is 0 Å². The zero-order chi connectivity index (χ0) is 13.8. The number of nitrogens with zero attached hydrogens (tertiary/aromatic N) is 1. The number of hydrogen-bond donors (Lipinski definition) is 1. The number of carbonyl (C=O) groups is 1. The van der Waals surface area contributed by atoms with Crippen LogP contribution in [0.25, 0.3) is 0 Å². The Labute approximate surface area is 116 Å². The maximum Gasteiger partial charge on any atom is 0.225 e. The number of hydrogen-bond acceptors (Lipinski definition) is 3. The van der Waals surface area contributed by atoms with Gasteiger partial charge in [-0.3, -0.25) is 4.79 Å². The fourth-order valence-corrected chi connectivity index (χ4v) is 3.60. The van der Waals surface area contributed by atoms with Gasteiger partial charge in [0.05, 0.1) is 6.10 Å². The minimum absolute atomic E-state index is 0.155. The lowest BCUT2D eigenvalue weighted by Gasteiger charge is -2.37. The van der Waals surface area contributed by atoms with E-state index in [4.69, 9.17) is 10.5 Å². The molecule has 1 saturated carbocycles. The average molecular weight is 268 g/mol. The molecule has 4 nitrogen and oxygen atoms in total. The van der Waals surface area contributed by atoms with Gasteiger partial charge in [0.15, 0.2) is 0 Å². The van der Waals surface area contributed by atoms with E-state index >= 15 is 0 Å². The van der Waals surface area contributed by atoms with Crippen LogP contribution in [0.2, 0.25) is 0 Å². The Bertz CT molecular complexity index is 291. The van der Waals surface area contributed by atoms with Gasteiger partial charge >= 0.3 is 0 Å². The van der Waals surface area contributed by atoms with E-state index in [1.807, 2.05) is 11.8 Å². The van der Waals surface area contributed by atoms with Crippen molar-refractivity contribution < 1.29 is 9.53 Å². The summed E-state index contributed by atoms with van der Waals surface area (Å²) in [6, 6.07) is 0.207. The minimum atomic E-state index is 0.155. The van der Waals surface area contributed by atoms with Crippen LogP contribution in [0.1, 0.15) is 46.0 Å². The molecule has 110 valence electrons. The SMILES string of the molecule is CCOC1CCN(C(=O)C2CC(C)CC(N)C2)CC1. The molecule has 0 aromatic heterocycles. The second-order valence-corrected chi connectivity index (χ2v) is 6.25. The van der Waals surface area contributed by atoms with Crippen molar-refractivity contribution in [2.75, 3.05) is 19.7 Å². The fraction of sp³-hybridized carbons (Fsp3) is 0.933. The first-order valence-electron chi connectivity index (χ1n) is 7.76. The zero-order valence-electron chi connectivity index (χ0n) is 12.3. The van der Waals surface area contributed by atoms with Crippen molar-refractivity contribution in [2.45, 2.75) is 58.1 Å². The predicted octanol–water partition coefficient (Wildman–Crippen LogP) is 1.78. The van der Waals surface area contributed by atoms with E-state index in [0.717, 1.165) is 51.8 Å². The molecule has 0 radical (unpaired) electrons. The van der Waals surface area contributed by atoms with E-state index in [0.29, 0.717) is 17.9 Å². The third-order valence-corrected chi connectivity index (χ3v) is 4.48. The second kappa shape index (κ2) is 6.71. The first-order chi connectivity index (χ1) is 9.10. The molecule has 1 heterocycles. The summed E-state index contributed by atoms with van der Waals surface area (Å²) in [5, 5.41) is 0. The van der Waals surface area contributed by atoms with Crippen molar-refractivity contribution in [1.29, 1.82) is 0 Å². The molecule has 2 aliphatic rings. The van der Waals surface area contributed by atoms with Crippen LogP contribution in [0.5, 0.6) is 0 Å². The Morgan fingerprint density at radius 2 is 1.95 bits per heavy atom. The van der Waals surface area contributed by atoms with Gasteiger partial charge in [-0.05, 0) is 44.9 Å². The number of piperidine rings is 1. The Morgan fingerprint density at radius 1 is 1.26 bits per heavy atom. The lowest BCUT2D eigenvalue weighted by Crippen LogP contribution is -2.46. The van der Waals surface area contributed by atoms with Crippen molar-refractivity contribution in [3.05, 3.63) is 0 Å². The normalized spacial score (nSPS) is 33.4. The Kier molecular flexibility index (Phi) is 5.22. The van der Waals surface area contributed by atoms with Crippen LogP contribution >= 0.6 is 0 Å². The maximum absolute atomic E-state index is 12.5. The van der Waals surface area contributed by atoms with Crippen LogP contribution in [-0.4, -0.2) is 42.6 Å². The molecule has 2 N–H and O–H groups in total. The summed E-state index contributed by atoms with van der Waals surface area (Å²) in [5.41, 5.74) is 6.05. The van der Waals surface area contributed by atoms with Gasteiger partial charge in [0.2, 0.25) is 5.91 Å². The van der Waals surface area contributed by atoms with Gasteiger partial charge in [-0.2, -0.15) is 0 Å². The number of ether oxygens (including phenoxy) is 1. The molecule has 19 heavy (non-hydrogen) atoms. The number of nitrogens with two attached hydrogens (primary N) is 1. The summed E-state index contributed by atoms with van der Waals surface area (Å²) in [6.07, 6.45) is 5.26. The summed E-state index contributed by atoms with van der Waals surface area (Å²) in [7, 11) is 0. The van der Waals surface area contributed by atoms with Gasteiger partial charge in [-0.15, -0.1) is 0 Å². The highest BCUT2D eigenvalue weighted by molar-refractivity contribution is 5.79. The average Bonchev–Trinajstić information content (AvgIpc) is 2.38. The van der Waals surface area contributed by atoms with Crippen LogP contribution in [0, 0.1) is 11.8 Å². The van der Waals surface area contributed by atoms with Crippen LogP contribution < -0.4 is 5.73 Å². The molecule has 3 atom stereocenters. The maximum atomic E-state index is 12.5. The van der Waals surface area contributed by atoms with Crippen molar-refractivity contribution in [1.82, 2.24) is 4.90 Å². The van der Waals surface area contributed by atoms with Gasteiger partial charge in [0, 0.05) is 31.7 Å². The third kappa shape index (κ3) is 3.93. The third-order valence-electron chi connectivity index (χ3n) is 4.48. The number of rotatable bonds is 3. The zero-order valence-corrected chi connectivity index (χ0v) is 12.3. The molecule has 0 aromatic carbocycles. The van der Waals surface area contributed by atoms with E-state index in [1.54, 1.807) is 0 Å². The topological polar surface area (TPSA) is 55.6 Å². The lowest BCUT2D eigenvalue weighted by atomic mass is 9.79. The Morgan fingerprint density at radius 3 is 2.53 bits per heavy atom. The molecule has 3 unspecified atom stereocenters.